The highest BCUT2D eigenvalue weighted by Gasteiger charge is 2.15. The summed E-state index contributed by atoms with van der Waals surface area (Å²) in [5, 5.41) is 2.15. The van der Waals surface area contributed by atoms with Crippen molar-refractivity contribution in [2.24, 2.45) is 0 Å². The van der Waals surface area contributed by atoms with Gasteiger partial charge in [-0.15, -0.1) is 0 Å². The van der Waals surface area contributed by atoms with Crippen LogP contribution in [0.2, 0.25) is 0 Å². The van der Waals surface area contributed by atoms with Gasteiger partial charge < -0.3 is 14.4 Å². The summed E-state index contributed by atoms with van der Waals surface area (Å²) in [7, 11) is 3.34. The molecule has 0 spiro atoms. The zero-order valence-corrected chi connectivity index (χ0v) is 16.3. The molecule has 28 heavy (non-hydrogen) atoms. The van der Waals surface area contributed by atoms with Crippen LogP contribution >= 0.6 is 0 Å². The standard InChI is InChI=1S/C23H23NO4/c1-16-6-4-5-7-21(16)23(26)28-15-22(25)24(2)14-17-8-9-19-13-20(27-3)11-10-18(19)12-17/h4-13H,14-15H2,1-3H3. The van der Waals surface area contributed by atoms with Crippen molar-refractivity contribution in [3.8, 4) is 5.75 Å². The summed E-state index contributed by atoms with van der Waals surface area (Å²) >= 11 is 0. The third-order valence-corrected chi connectivity index (χ3v) is 4.65. The molecule has 0 aromatic heterocycles. The minimum Gasteiger partial charge on any atom is -0.497 e. The summed E-state index contributed by atoms with van der Waals surface area (Å²) in [5.41, 5.74) is 2.29. The quantitative estimate of drug-likeness (QED) is 0.610. The maximum Gasteiger partial charge on any atom is 0.338 e. The van der Waals surface area contributed by atoms with E-state index in [0.29, 0.717) is 12.1 Å². The first-order valence-corrected chi connectivity index (χ1v) is 9.01. The van der Waals surface area contributed by atoms with Gasteiger partial charge in [0.25, 0.3) is 5.91 Å². The molecule has 0 N–H and O–H groups in total. The van der Waals surface area contributed by atoms with E-state index >= 15 is 0 Å². The van der Waals surface area contributed by atoms with E-state index in [1.54, 1.807) is 31.2 Å². The molecule has 0 fully saturated rings. The van der Waals surface area contributed by atoms with Crippen LogP contribution in [0.1, 0.15) is 21.5 Å². The molecule has 5 heteroatoms. The number of aryl methyl sites for hydroxylation is 1. The number of esters is 1. The molecule has 3 aromatic rings. The molecule has 0 radical (unpaired) electrons. The number of benzene rings is 3. The van der Waals surface area contributed by atoms with Gasteiger partial charge in [0.05, 0.1) is 12.7 Å². The van der Waals surface area contributed by atoms with Crippen molar-refractivity contribution in [2.75, 3.05) is 20.8 Å². The van der Waals surface area contributed by atoms with Crippen molar-refractivity contribution in [1.29, 1.82) is 0 Å². The second-order valence-corrected chi connectivity index (χ2v) is 6.69. The first-order valence-electron chi connectivity index (χ1n) is 9.01. The molecule has 0 aliphatic heterocycles. The minimum atomic E-state index is -0.487. The van der Waals surface area contributed by atoms with Crippen LogP contribution in [0.15, 0.2) is 60.7 Å². The van der Waals surface area contributed by atoms with Gasteiger partial charge >= 0.3 is 5.97 Å². The Morgan fingerprint density at radius 1 is 0.964 bits per heavy atom. The highest BCUT2D eigenvalue weighted by molar-refractivity contribution is 5.92. The van der Waals surface area contributed by atoms with Crippen LogP contribution in [0.3, 0.4) is 0 Å². The Bertz CT molecular complexity index is 1010. The largest absolute Gasteiger partial charge is 0.497 e. The number of hydrogen-bond acceptors (Lipinski definition) is 4. The molecule has 144 valence electrons. The van der Waals surface area contributed by atoms with Crippen molar-refractivity contribution in [3.63, 3.8) is 0 Å². The number of carbonyl (C=O) groups excluding carboxylic acids is 2. The van der Waals surface area contributed by atoms with Crippen LogP contribution < -0.4 is 4.74 Å². The zero-order chi connectivity index (χ0) is 20.1. The summed E-state index contributed by atoms with van der Waals surface area (Å²) in [5.74, 6) is 0.0688. The molecule has 0 heterocycles. The summed E-state index contributed by atoms with van der Waals surface area (Å²) in [4.78, 5) is 26.0. The number of amides is 1. The lowest BCUT2D eigenvalue weighted by Gasteiger charge is -2.18. The van der Waals surface area contributed by atoms with E-state index in [4.69, 9.17) is 9.47 Å². The first kappa shape index (κ1) is 19.4. The fourth-order valence-corrected chi connectivity index (χ4v) is 2.98. The Hall–Kier alpha value is -3.34. The molecule has 0 saturated carbocycles. The number of nitrogens with zero attached hydrogens (tertiary/aromatic N) is 1. The van der Waals surface area contributed by atoms with Gasteiger partial charge in [0.1, 0.15) is 5.75 Å². The molecule has 0 atom stereocenters. The van der Waals surface area contributed by atoms with Gasteiger partial charge in [-0.1, -0.05) is 36.4 Å². The summed E-state index contributed by atoms with van der Waals surface area (Å²) in [6.07, 6.45) is 0. The van der Waals surface area contributed by atoms with E-state index in [-0.39, 0.29) is 12.5 Å². The van der Waals surface area contributed by atoms with Gasteiger partial charge in [-0.3, -0.25) is 4.79 Å². The SMILES string of the molecule is COc1ccc2cc(CN(C)C(=O)COC(=O)c3ccccc3C)ccc2c1. The maximum atomic E-state index is 12.3. The average molecular weight is 377 g/mol. The molecule has 1 amide bonds. The lowest BCUT2D eigenvalue weighted by atomic mass is 10.1. The number of likely N-dealkylation sites (N-methyl/N-ethyl adjacent to an activating group) is 1. The molecule has 0 bridgehead atoms. The number of ether oxygens (including phenoxy) is 2. The third kappa shape index (κ3) is 4.49. The molecule has 0 unspecified atom stereocenters. The molecule has 3 aromatic carbocycles. The Kier molecular flexibility index (Phi) is 5.94. The average Bonchev–Trinajstić information content (AvgIpc) is 2.71. The van der Waals surface area contributed by atoms with Crippen molar-refractivity contribution < 1.29 is 19.1 Å². The highest BCUT2D eigenvalue weighted by atomic mass is 16.5. The van der Waals surface area contributed by atoms with E-state index in [1.807, 2.05) is 55.5 Å². The van der Waals surface area contributed by atoms with Gasteiger partial charge in [0.2, 0.25) is 0 Å². The van der Waals surface area contributed by atoms with Gasteiger partial charge in [-0.2, -0.15) is 0 Å². The summed E-state index contributed by atoms with van der Waals surface area (Å²) in [6.45, 7) is 1.98. The Labute approximate surface area is 164 Å². The number of fused-ring (bicyclic) bond motifs is 1. The molecular formula is C23H23NO4. The van der Waals surface area contributed by atoms with Gasteiger partial charge in [0, 0.05) is 13.6 Å². The fraction of sp³-hybridized carbons (Fsp3) is 0.217. The second kappa shape index (κ2) is 8.57. The maximum absolute atomic E-state index is 12.3. The fourth-order valence-electron chi connectivity index (χ4n) is 2.98. The minimum absolute atomic E-state index is 0.253. The van der Waals surface area contributed by atoms with Crippen molar-refractivity contribution in [3.05, 3.63) is 77.4 Å². The normalized spacial score (nSPS) is 10.5. The lowest BCUT2D eigenvalue weighted by molar-refractivity contribution is -0.133. The van der Waals surface area contributed by atoms with Gasteiger partial charge in [0.15, 0.2) is 6.61 Å². The van der Waals surface area contributed by atoms with Crippen LogP contribution in [-0.4, -0.2) is 37.5 Å². The number of rotatable bonds is 6. The Morgan fingerprint density at radius 2 is 1.68 bits per heavy atom. The van der Waals surface area contributed by atoms with E-state index in [9.17, 15) is 9.59 Å². The monoisotopic (exact) mass is 377 g/mol. The predicted molar refractivity (Wildman–Crippen MR) is 108 cm³/mol. The molecule has 0 aliphatic carbocycles. The van der Waals surface area contributed by atoms with E-state index in [1.165, 1.54) is 0 Å². The molecular weight excluding hydrogens is 354 g/mol. The van der Waals surface area contributed by atoms with E-state index in [2.05, 4.69) is 0 Å². The third-order valence-electron chi connectivity index (χ3n) is 4.65. The summed E-state index contributed by atoms with van der Waals surface area (Å²) in [6, 6.07) is 19.0. The lowest BCUT2D eigenvalue weighted by Crippen LogP contribution is -2.30. The van der Waals surface area contributed by atoms with Crippen LogP contribution in [0, 0.1) is 6.92 Å². The summed E-state index contributed by atoms with van der Waals surface area (Å²) < 4.78 is 10.4. The van der Waals surface area contributed by atoms with Crippen molar-refractivity contribution >= 4 is 22.6 Å². The van der Waals surface area contributed by atoms with Crippen LogP contribution in [0.4, 0.5) is 0 Å². The number of hydrogen-bond donors (Lipinski definition) is 0. The van der Waals surface area contributed by atoms with Gasteiger partial charge in [-0.25, -0.2) is 4.79 Å². The van der Waals surface area contributed by atoms with E-state index in [0.717, 1.165) is 27.6 Å². The number of carbonyl (C=O) groups is 2. The molecule has 0 aliphatic rings. The molecule has 0 saturated heterocycles. The Balaban J connectivity index is 1.60. The van der Waals surface area contributed by atoms with Crippen molar-refractivity contribution in [2.45, 2.75) is 13.5 Å². The smallest absolute Gasteiger partial charge is 0.338 e. The zero-order valence-electron chi connectivity index (χ0n) is 16.3. The topological polar surface area (TPSA) is 55.8 Å². The Morgan fingerprint density at radius 3 is 2.43 bits per heavy atom. The van der Waals surface area contributed by atoms with E-state index < -0.39 is 5.97 Å². The molecule has 3 rings (SSSR count). The highest BCUT2D eigenvalue weighted by Crippen LogP contribution is 2.22. The van der Waals surface area contributed by atoms with Crippen LogP contribution in [0.25, 0.3) is 10.8 Å². The van der Waals surface area contributed by atoms with Gasteiger partial charge in [-0.05, 0) is 53.1 Å². The molecule has 5 nitrogen and oxygen atoms in total. The first-order chi connectivity index (χ1) is 13.5. The predicted octanol–water partition coefficient (Wildman–Crippen LogP) is 3.97. The van der Waals surface area contributed by atoms with Crippen molar-refractivity contribution in [1.82, 2.24) is 4.90 Å². The second-order valence-electron chi connectivity index (χ2n) is 6.69. The van der Waals surface area contributed by atoms with Crippen LogP contribution in [-0.2, 0) is 16.1 Å². The number of methoxy groups -OCH3 is 1. The van der Waals surface area contributed by atoms with Crippen LogP contribution in [0.5, 0.6) is 5.75 Å².